The number of carbonyl (C=O) groups excluding carboxylic acids is 2. The fourth-order valence-corrected chi connectivity index (χ4v) is 4.62. The molecule has 1 saturated carbocycles. The smallest absolute Gasteiger partial charge is 0.251 e. The van der Waals surface area contributed by atoms with Crippen LogP contribution in [0.5, 0.6) is 0 Å². The first-order valence-corrected chi connectivity index (χ1v) is 10.0. The molecule has 1 aromatic rings. The summed E-state index contributed by atoms with van der Waals surface area (Å²) in [5.74, 6) is 1.22. The molecule has 4 nitrogen and oxygen atoms in total. The molecule has 0 unspecified atom stereocenters. The van der Waals surface area contributed by atoms with Crippen LogP contribution in [0.2, 0.25) is 0 Å². The highest BCUT2D eigenvalue weighted by Crippen LogP contribution is 2.28. The third kappa shape index (κ3) is 4.76. The van der Waals surface area contributed by atoms with Crippen LogP contribution in [0.15, 0.2) is 24.3 Å². The van der Waals surface area contributed by atoms with Crippen molar-refractivity contribution >= 4 is 23.6 Å². The van der Waals surface area contributed by atoms with Crippen LogP contribution in [0, 0.1) is 0 Å². The van der Waals surface area contributed by atoms with Crippen LogP contribution in [0.1, 0.15) is 54.4 Å². The summed E-state index contributed by atoms with van der Waals surface area (Å²) in [5.41, 5.74) is 1.77. The topological polar surface area (TPSA) is 49.4 Å². The van der Waals surface area contributed by atoms with Gasteiger partial charge in [-0.1, -0.05) is 25.0 Å². The van der Waals surface area contributed by atoms with Gasteiger partial charge >= 0.3 is 0 Å². The summed E-state index contributed by atoms with van der Waals surface area (Å²) in [6.45, 7) is 2.22. The number of rotatable bonds is 7. The van der Waals surface area contributed by atoms with Gasteiger partial charge in [0.15, 0.2) is 0 Å². The molecule has 1 heterocycles. The Bertz CT molecular complexity index is 567. The molecule has 0 spiro atoms. The van der Waals surface area contributed by atoms with Crippen molar-refractivity contribution in [3.05, 3.63) is 35.4 Å². The molecule has 0 bridgehead atoms. The van der Waals surface area contributed by atoms with Crippen molar-refractivity contribution < 1.29 is 9.59 Å². The molecule has 1 aromatic carbocycles. The average molecular weight is 346 g/mol. The van der Waals surface area contributed by atoms with Crippen LogP contribution >= 0.6 is 11.8 Å². The third-order valence-corrected chi connectivity index (χ3v) is 6.19. The SMILES string of the molecule is O=C(NCCSC1CCCC1)c1ccc(CN2CCCC2=O)cc1. The number of hydrogen-bond acceptors (Lipinski definition) is 3. The molecule has 1 N–H and O–H groups in total. The van der Waals surface area contributed by atoms with E-state index in [0.717, 1.165) is 36.1 Å². The van der Waals surface area contributed by atoms with E-state index < -0.39 is 0 Å². The van der Waals surface area contributed by atoms with Crippen LogP contribution in [0.25, 0.3) is 0 Å². The highest BCUT2D eigenvalue weighted by atomic mass is 32.2. The van der Waals surface area contributed by atoms with Crippen molar-refractivity contribution in [2.75, 3.05) is 18.8 Å². The maximum Gasteiger partial charge on any atom is 0.251 e. The third-order valence-electron chi connectivity index (χ3n) is 4.80. The van der Waals surface area contributed by atoms with Crippen LogP contribution in [0.4, 0.5) is 0 Å². The summed E-state index contributed by atoms with van der Waals surface area (Å²) < 4.78 is 0. The molecule has 3 rings (SSSR count). The van der Waals surface area contributed by atoms with Gasteiger partial charge in [-0.15, -0.1) is 0 Å². The Hall–Kier alpha value is -1.49. The highest BCUT2D eigenvalue weighted by molar-refractivity contribution is 7.99. The Morgan fingerprint density at radius 1 is 1.17 bits per heavy atom. The zero-order valence-electron chi connectivity index (χ0n) is 14.1. The molecule has 0 aromatic heterocycles. The molecule has 2 fully saturated rings. The zero-order chi connectivity index (χ0) is 16.8. The standard InChI is InChI=1S/C19H26N2O2S/c22-18-6-3-12-21(18)14-15-7-9-16(10-8-15)19(23)20-11-13-24-17-4-1-2-5-17/h7-10,17H,1-6,11-14H2,(H,20,23). The summed E-state index contributed by atoms with van der Waals surface area (Å²) >= 11 is 1.99. The number of benzene rings is 1. The van der Waals surface area contributed by atoms with E-state index in [4.69, 9.17) is 0 Å². The summed E-state index contributed by atoms with van der Waals surface area (Å²) in [6, 6.07) is 7.62. The van der Waals surface area contributed by atoms with Crippen molar-refractivity contribution in [2.24, 2.45) is 0 Å². The number of thioether (sulfide) groups is 1. The Morgan fingerprint density at radius 3 is 2.58 bits per heavy atom. The molecule has 130 valence electrons. The van der Waals surface area contributed by atoms with E-state index in [0.29, 0.717) is 18.5 Å². The van der Waals surface area contributed by atoms with Gasteiger partial charge in [-0.05, 0) is 37.0 Å². The molecule has 0 radical (unpaired) electrons. The minimum absolute atomic E-state index is 0.00850. The minimum Gasteiger partial charge on any atom is -0.351 e. The van der Waals surface area contributed by atoms with Gasteiger partial charge in [0.2, 0.25) is 5.91 Å². The Balaban J connectivity index is 1.40. The second kappa shape index (κ2) is 8.56. The van der Waals surface area contributed by atoms with Crippen molar-refractivity contribution in [2.45, 2.75) is 50.3 Å². The van der Waals surface area contributed by atoms with E-state index in [1.165, 1.54) is 25.7 Å². The van der Waals surface area contributed by atoms with Gasteiger partial charge in [0, 0.05) is 42.6 Å². The minimum atomic E-state index is -0.00850. The number of nitrogens with zero attached hydrogens (tertiary/aromatic N) is 1. The molecule has 1 saturated heterocycles. The highest BCUT2D eigenvalue weighted by Gasteiger charge is 2.20. The zero-order valence-corrected chi connectivity index (χ0v) is 14.9. The van der Waals surface area contributed by atoms with Gasteiger partial charge in [-0.2, -0.15) is 11.8 Å². The molecule has 5 heteroatoms. The molecular formula is C19H26N2O2S. The summed E-state index contributed by atoms with van der Waals surface area (Å²) in [7, 11) is 0. The van der Waals surface area contributed by atoms with Gasteiger partial charge in [-0.25, -0.2) is 0 Å². The Morgan fingerprint density at radius 2 is 1.92 bits per heavy atom. The summed E-state index contributed by atoms with van der Waals surface area (Å²) in [4.78, 5) is 25.7. The van der Waals surface area contributed by atoms with Gasteiger partial charge in [0.05, 0.1) is 0 Å². The molecule has 1 aliphatic carbocycles. The van der Waals surface area contributed by atoms with Gasteiger partial charge in [-0.3, -0.25) is 9.59 Å². The average Bonchev–Trinajstić information content (AvgIpc) is 3.25. The first kappa shape index (κ1) is 17.3. The van der Waals surface area contributed by atoms with E-state index in [2.05, 4.69) is 5.32 Å². The van der Waals surface area contributed by atoms with E-state index in [-0.39, 0.29) is 11.8 Å². The predicted molar refractivity (Wildman–Crippen MR) is 98.1 cm³/mol. The first-order valence-electron chi connectivity index (χ1n) is 8.99. The molecular weight excluding hydrogens is 320 g/mol. The normalized spacial score (nSPS) is 18.3. The van der Waals surface area contributed by atoms with E-state index in [1.807, 2.05) is 40.9 Å². The van der Waals surface area contributed by atoms with Crippen LogP contribution in [-0.4, -0.2) is 40.8 Å². The number of amides is 2. The van der Waals surface area contributed by atoms with Gasteiger partial charge in [0.1, 0.15) is 0 Å². The maximum absolute atomic E-state index is 12.2. The van der Waals surface area contributed by atoms with E-state index in [1.54, 1.807) is 0 Å². The first-order chi connectivity index (χ1) is 11.7. The quantitative estimate of drug-likeness (QED) is 0.771. The van der Waals surface area contributed by atoms with Crippen molar-refractivity contribution in [3.63, 3.8) is 0 Å². The molecule has 2 aliphatic rings. The van der Waals surface area contributed by atoms with E-state index in [9.17, 15) is 9.59 Å². The molecule has 24 heavy (non-hydrogen) atoms. The van der Waals surface area contributed by atoms with Crippen LogP contribution < -0.4 is 5.32 Å². The fraction of sp³-hybridized carbons (Fsp3) is 0.579. The van der Waals surface area contributed by atoms with Gasteiger partial charge in [0.25, 0.3) is 5.91 Å². The maximum atomic E-state index is 12.2. The number of nitrogens with one attached hydrogen (secondary N) is 1. The fourth-order valence-electron chi connectivity index (χ4n) is 3.40. The second-order valence-electron chi connectivity index (χ2n) is 6.65. The monoisotopic (exact) mass is 346 g/mol. The van der Waals surface area contributed by atoms with Crippen LogP contribution in [-0.2, 0) is 11.3 Å². The lowest BCUT2D eigenvalue weighted by atomic mass is 10.1. The summed E-state index contributed by atoms with van der Waals surface area (Å²) in [6.07, 6.45) is 7.01. The predicted octanol–water partition coefficient (Wildman–Crippen LogP) is 3.21. The number of hydrogen-bond donors (Lipinski definition) is 1. The molecule has 2 amide bonds. The Kier molecular flexibility index (Phi) is 6.18. The van der Waals surface area contributed by atoms with Crippen molar-refractivity contribution in [1.82, 2.24) is 10.2 Å². The number of likely N-dealkylation sites (tertiary alicyclic amines) is 1. The lowest BCUT2D eigenvalue weighted by Gasteiger charge is -2.15. The van der Waals surface area contributed by atoms with Crippen molar-refractivity contribution in [3.8, 4) is 0 Å². The summed E-state index contributed by atoms with van der Waals surface area (Å²) in [5, 5.41) is 3.80. The second-order valence-corrected chi connectivity index (χ2v) is 8.06. The van der Waals surface area contributed by atoms with Crippen molar-refractivity contribution in [1.29, 1.82) is 0 Å². The molecule has 1 aliphatic heterocycles. The van der Waals surface area contributed by atoms with Gasteiger partial charge < -0.3 is 10.2 Å². The lowest BCUT2D eigenvalue weighted by Crippen LogP contribution is -2.26. The van der Waals surface area contributed by atoms with Crippen LogP contribution in [0.3, 0.4) is 0 Å². The Labute approximate surface area is 148 Å². The molecule has 0 atom stereocenters. The van der Waals surface area contributed by atoms with E-state index >= 15 is 0 Å². The largest absolute Gasteiger partial charge is 0.351 e. The lowest BCUT2D eigenvalue weighted by molar-refractivity contribution is -0.128. The number of carbonyl (C=O) groups is 2.